The maximum Gasteiger partial charge on any atom is 0.151 e. The maximum absolute atomic E-state index is 5.89. The first-order chi connectivity index (χ1) is 18.1. The fourth-order valence-electron chi connectivity index (χ4n) is 4.63. The van der Waals surface area contributed by atoms with Gasteiger partial charge in [-0.1, -0.05) is 53.2 Å². The zero-order valence-corrected chi connectivity index (χ0v) is 21.8. The van der Waals surface area contributed by atoms with Crippen molar-refractivity contribution in [3.63, 3.8) is 0 Å². The highest BCUT2D eigenvalue weighted by molar-refractivity contribution is 5.59. The molecule has 1 aliphatic heterocycles. The molecule has 2 heterocycles. The molecule has 0 atom stereocenters. The average Bonchev–Trinajstić information content (AvgIpc) is 3.41. The number of aromatic nitrogens is 1. The lowest BCUT2D eigenvalue weighted by molar-refractivity contribution is 0.202. The van der Waals surface area contributed by atoms with Gasteiger partial charge in [-0.3, -0.25) is 9.80 Å². The third-order valence-electron chi connectivity index (χ3n) is 6.95. The smallest absolute Gasteiger partial charge is 0.151 e. The molecule has 37 heavy (non-hydrogen) atoms. The number of nitrogens with zero attached hydrogens (tertiary/aromatic N) is 4. The summed E-state index contributed by atoms with van der Waals surface area (Å²) in [4.78, 5) is 7.34. The summed E-state index contributed by atoms with van der Waals surface area (Å²) in [6, 6.07) is 29.1. The molecule has 5 rings (SSSR count). The van der Waals surface area contributed by atoms with Crippen LogP contribution in [0.5, 0.6) is 5.75 Å². The van der Waals surface area contributed by atoms with Crippen LogP contribution in [0, 0.1) is 6.92 Å². The molecule has 6 nitrogen and oxygen atoms in total. The maximum atomic E-state index is 5.89. The Labute approximate surface area is 220 Å². The van der Waals surface area contributed by atoms with E-state index in [4.69, 9.17) is 9.26 Å². The fraction of sp³-hybridized carbons (Fsp3) is 0.323. The predicted molar refractivity (Wildman–Crippen MR) is 149 cm³/mol. The predicted octanol–water partition coefficient (Wildman–Crippen LogP) is 5.48. The Bertz CT molecular complexity index is 1230. The van der Waals surface area contributed by atoms with Gasteiger partial charge in [0, 0.05) is 56.6 Å². The normalized spacial score (nSPS) is 14.3. The minimum absolute atomic E-state index is 0.559. The van der Waals surface area contributed by atoms with Crippen molar-refractivity contribution < 1.29 is 9.26 Å². The molecule has 3 aromatic carbocycles. The molecule has 1 aliphatic rings. The van der Waals surface area contributed by atoms with Gasteiger partial charge >= 0.3 is 0 Å². The van der Waals surface area contributed by atoms with Crippen LogP contribution in [0.15, 0.2) is 89.5 Å². The van der Waals surface area contributed by atoms with Crippen LogP contribution < -0.4 is 9.64 Å². The summed E-state index contributed by atoms with van der Waals surface area (Å²) in [7, 11) is 2.14. The van der Waals surface area contributed by atoms with E-state index in [0.717, 1.165) is 74.1 Å². The molecule has 0 saturated carbocycles. The van der Waals surface area contributed by atoms with E-state index >= 15 is 0 Å². The molecule has 0 bridgehead atoms. The van der Waals surface area contributed by atoms with E-state index < -0.39 is 0 Å². The third-order valence-corrected chi connectivity index (χ3v) is 6.95. The number of hydrogen-bond donors (Lipinski definition) is 0. The number of benzene rings is 3. The van der Waals surface area contributed by atoms with E-state index in [9.17, 15) is 0 Å². The van der Waals surface area contributed by atoms with Crippen molar-refractivity contribution in [3.05, 3.63) is 102 Å². The second-order valence-corrected chi connectivity index (χ2v) is 9.88. The molecule has 0 amide bonds. The molecular formula is C31H36N4O2. The molecule has 1 saturated heterocycles. The van der Waals surface area contributed by atoms with Crippen LogP contribution in [0.1, 0.15) is 16.9 Å². The zero-order valence-electron chi connectivity index (χ0n) is 21.8. The molecule has 4 aromatic rings. The van der Waals surface area contributed by atoms with Crippen LogP contribution in [-0.2, 0) is 13.2 Å². The monoisotopic (exact) mass is 496 g/mol. The fourth-order valence-corrected chi connectivity index (χ4v) is 4.63. The Hall–Kier alpha value is -3.61. The van der Waals surface area contributed by atoms with E-state index in [2.05, 4.69) is 70.2 Å². The summed E-state index contributed by atoms with van der Waals surface area (Å²) in [6.07, 6.45) is 0. The average molecular weight is 497 g/mol. The molecule has 0 aliphatic carbocycles. The van der Waals surface area contributed by atoms with Crippen molar-refractivity contribution in [3.8, 4) is 17.0 Å². The molecular weight excluding hydrogens is 460 g/mol. The number of aryl methyl sites for hydroxylation is 1. The Morgan fingerprint density at radius 1 is 0.892 bits per heavy atom. The van der Waals surface area contributed by atoms with Crippen LogP contribution in [0.2, 0.25) is 0 Å². The second-order valence-electron chi connectivity index (χ2n) is 9.88. The van der Waals surface area contributed by atoms with Crippen LogP contribution in [0.4, 0.5) is 5.69 Å². The van der Waals surface area contributed by atoms with Gasteiger partial charge in [0.15, 0.2) is 5.76 Å². The van der Waals surface area contributed by atoms with Crippen molar-refractivity contribution in [2.45, 2.75) is 20.1 Å². The van der Waals surface area contributed by atoms with Crippen LogP contribution in [0.25, 0.3) is 11.3 Å². The number of piperazine rings is 1. The first-order valence-corrected chi connectivity index (χ1v) is 13.1. The first kappa shape index (κ1) is 25.1. The molecule has 6 heteroatoms. The van der Waals surface area contributed by atoms with E-state index in [1.54, 1.807) is 0 Å². The highest BCUT2D eigenvalue weighted by atomic mass is 16.5. The number of hydrogen-bond acceptors (Lipinski definition) is 6. The third kappa shape index (κ3) is 7.00. The van der Waals surface area contributed by atoms with Crippen LogP contribution >= 0.6 is 0 Å². The van der Waals surface area contributed by atoms with Gasteiger partial charge in [0.2, 0.25) is 0 Å². The SMILES string of the molecule is Cc1ccc(N2CCN(CCN(C)Cc3cc(-c4ccc(OCc5ccccc5)cc4)no3)CC2)cc1. The topological polar surface area (TPSA) is 45.0 Å². The lowest BCUT2D eigenvalue weighted by Gasteiger charge is -2.36. The Morgan fingerprint density at radius 2 is 1.62 bits per heavy atom. The second kappa shape index (κ2) is 12.1. The standard InChI is InChI=1S/C31H36N4O2/c1-25-8-12-28(13-9-25)35-20-18-34(19-21-35)17-16-33(2)23-30-22-31(32-37-30)27-10-14-29(15-11-27)36-24-26-6-4-3-5-7-26/h3-15,22H,16-21,23-24H2,1-2H3. The van der Waals surface area contributed by atoms with Crippen molar-refractivity contribution in [1.29, 1.82) is 0 Å². The van der Waals surface area contributed by atoms with E-state index in [1.165, 1.54) is 11.3 Å². The first-order valence-electron chi connectivity index (χ1n) is 13.1. The number of anilines is 1. The molecule has 0 unspecified atom stereocenters. The van der Waals surface area contributed by atoms with Gasteiger partial charge < -0.3 is 14.2 Å². The zero-order chi connectivity index (χ0) is 25.5. The number of ether oxygens (including phenoxy) is 1. The molecule has 192 valence electrons. The molecule has 1 aromatic heterocycles. The quantitative estimate of drug-likeness (QED) is 0.290. The highest BCUT2D eigenvalue weighted by Gasteiger charge is 2.18. The number of rotatable bonds is 10. The molecule has 1 fully saturated rings. The van der Waals surface area contributed by atoms with Crippen molar-refractivity contribution in [2.75, 3.05) is 51.2 Å². The van der Waals surface area contributed by atoms with Gasteiger partial charge in [-0.2, -0.15) is 0 Å². The lowest BCUT2D eigenvalue weighted by atomic mass is 10.1. The minimum atomic E-state index is 0.559. The van der Waals surface area contributed by atoms with Gasteiger partial charge in [-0.05, 0) is 55.9 Å². The Morgan fingerprint density at radius 3 is 2.35 bits per heavy atom. The lowest BCUT2D eigenvalue weighted by Crippen LogP contribution is -2.48. The molecule has 0 spiro atoms. The summed E-state index contributed by atoms with van der Waals surface area (Å²) in [5.74, 6) is 1.72. The molecule has 0 radical (unpaired) electrons. The van der Waals surface area contributed by atoms with Gasteiger partial charge in [-0.25, -0.2) is 0 Å². The number of likely N-dealkylation sites (N-methyl/N-ethyl adjacent to an activating group) is 1. The Balaban J connectivity index is 1.05. The summed E-state index contributed by atoms with van der Waals surface area (Å²) in [5, 5.41) is 4.30. The largest absolute Gasteiger partial charge is 0.489 e. The van der Waals surface area contributed by atoms with E-state index in [0.29, 0.717) is 6.61 Å². The Kier molecular flexibility index (Phi) is 8.18. The summed E-state index contributed by atoms with van der Waals surface area (Å²) >= 11 is 0. The summed E-state index contributed by atoms with van der Waals surface area (Å²) < 4.78 is 11.5. The van der Waals surface area contributed by atoms with E-state index in [1.807, 2.05) is 48.5 Å². The van der Waals surface area contributed by atoms with Gasteiger partial charge in [0.25, 0.3) is 0 Å². The van der Waals surface area contributed by atoms with Crippen molar-refractivity contribution in [2.24, 2.45) is 0 Å². The van der Waals surface area contributed by atoms with Crippen molar-refractivity contribution >= 4 is 5.69 Å². The van der Waals surface area contributed by atoms with Gasteiger partial charge in [0.1, 0.15) is 18.1 Å². The highest BCUT2D eigenvalue weighted by Crippen LogP contribution is 2.23. The van der Waals surface area contributed by atoms with E-state index in [-0.39, 0.29) is 0 Å². The van der Waals surface area contributed by atoms with Crippen LogP contribution in [-0.4, -0.2) is 61.3 Å². The molecule has 0 N–H and O–H groups in total. The minimum Gasteiger partial charge on any atom is -0.489 e. The van der Waals surface area contributed by atoms with Gasteiger partial charge in [0.05, 0.1) is 6.54 Å². The van der Waals surface area contributed by atoms with Crippen molar-refractivity contribution in [1.82, 2.24) is 15.0 Å². The summed E-state index contributed by atoms with van der Waals surface area (Å²) in [6.45, 7) is 9.84. The summed E-state index contributed by atoms with van der Waals surface area (Å²) in [5.41, 5.74) is 5.67. The van der Waals surface area contributed by atoms with Crippen LogP contribution in [0.3, 0.4) is 0 Å². The van der Waals surface area contributed by atoms with Gasteiger partial charge in [-0.15, -0.1) is 0 Å².